The third-order valence-corrected chi connectivity index (χ3v) is 3.39. The van der Waals surface area contributed by atoms with E-state index in [-0.39, 0.29) is 21.5 Å². The van der Waals surface area contributed by atoms with E-state index in [2.05, 4.69) is 0 Å². The molecule has 0 aliphatic heterocycles. The van der Waals surface area contributed by atoms with Crippen molar-refractivity contribution in [1.29, 1.82) is 0 Å². The monoisotopic (exact) mass is 298 g/mol. The predicted octanol–water partition coefficient (Wildman–Crippen LogP) is 0.0652. The summed E-state index contributed by atoms with van der Waals surface area (Å²) in [5, 5.41) is 22.9. The first-order valence-corrected chi connectivity index (χ1v) is 6.06. The van der Waals surface area contributed by atoms with Crippen LogP contribution >= 0.6 is 0 Å². The summed E-state index contributed by atoms with van der Waals surface area (Å²) in [5.41, 5.74) is -1.09. The smallest absolute Gasteiger partial charge is 0.285 e. The van der Waals surface area contributed by atoms with Crippen LogP contribution in [0.4, 0.5) is 5.69 Å². The number of fused-ring (bicyclic) bond motifs is 2. The molecule has 0 saturated heterocycles. The largest absolute Gasteiger partial charge is 0.328 e. The minimum Gasteiger partial charge on any atom is -0.285 e. The molecule has 22 heavy (non-hydrogen) atoms. The van der Waals surface area contributed by atoms with Crippen molar-refractivity contribution in [3.05, 3.63) is 61.0 Å². The lowest BCUT2D eigenvalue weighted by molar-refractivity contribution is -0.383. The van der Waals surface area contributed by atoms with Crippen molar-refractivity contribution in [2.24, 2.45) is 0 Å². The van der Waals surface area contributed by atoms with Gasteiger partial charge in [-0.25, -0.2) is 0 Å². The van der Waals surface area contributed by atoms with Gasteiger partial charge in [-0.3, -0.25) is 29.8 Å². The summed E-state index contributed by atoms with van der Waals surface area (Å²) in [6.07, 6.45) is 1.00. The molecule has 2 aromatic rings. The third kappa shape index (κ3) is 1.85. The highest BCUT2D eigenvalue weighted by atomic mass is 16.6. The maximum absolute atomic E-state index is 11.7. The van der Waals surface area contributed by atoms with E-state index < -0.39 is 27.1 Å². The van der Waals surface area contributed by atoms with E-state index in [1.807, 2.05) is 0 Å². The first kappa shape index (κ1) is 13.6. The number of benzene rings is 2. The zero-order valence-corrected chi connectivity index (χ0v) is 10.8. The lowest BCUT2D eigenvalue weighted by atomic mass is 9.98. The normalized spacial score (nSPS) is 13.7. The Kier molecular flexibility index (Phi) is 2.81. The van der Waals surface area contributed by atoms with Crippen molar-refractivity contribution in [2.75, 3.05) is 0 Å². The molecular weight excluding hydrogens is 292 g/mol. The van der Waals surface area contributed by atoms with Crippen LogP contribution in [0.25, 0.3) is 22.5 Å². The Morgan fingerprint density at radius 3 is 2.32 bits per heavy atom. The molecular formula is C14H6N2O6. The minimum absolute atomic E-state index is 0.0867. The summed E-state index contributed by atoms with van der Waals surface area (Å²) in [6, 6.07) is 6.96. The van der Waals surface area contributed by atoms with Crippen LogP contribution in [-0.2, 0) is 9.59 Å². The van der Waals surface area contributed by atoms with Crippen LogP contribution in [0.15, 0.2) is 30.3 Å². The molecule has 0 atom stereocenters. The van der Waals surface area contributed by atoms with Gasteiger partial charge in [0, 0.05) is 6.07 Å². The Balaban J connectivity index is 2.58. The molecule has 0 saturated carbocycles. The van der Waals surface area contributed by atoms with Crippen LogP contribution in [0.1, 0.15) is 0 Å². The van der Waals surface area contributed by atoms with Crippen molar-refractivity contribution >= 4 is 39.8 Å². The molecule has 8 nitrogen and oxygen atoms in total. The number of ketones is 2. The van der Waals surface area contributed by atoms with Gasteiger partial charge >= 0.3 is 11.5 Å². The van der Waals surface area contributed by atoms with Gasteiger partial charge in [0.25, 0.3) is 5.69 Å². The molecule has 1 aliphatic carbocycles. The number of Topliss-reactive ketones (excluding diaryl/α,β-unsaturated/α-hetero) is 2. The fourth-order valence-electron chi connectivity index (χ4n) is 2.44. The number of rotatable bonds is 2. The van der Waals surface area contributed by atoms with Gasteiger partial charge in [0.1, 0.15) is 0 Å². The van der Waals surface area contributed by atoms with E-state index in [1.54, 1.807) is 6.07 Å². The van der Waals surface area contributed by atoms with Crippen molar-refractivity contribution in [3.63, 3.8) is 0 Å². The number of nitrogens with zero attached hydrogens (tertiary/aromatic N) is 2. The summed E-state index contributed by atoms with van der Waals surface area (Å²) in [6.45, 7) is 0. The van der Waals surface area contributed by atoms with Gasteiger partial charge in [0.15, 0.2) is 0 Å². The Bertz CT molecular complexity index is 1020. The van der Waals surface area contributed by atoms with Crippen molar-refractivity contribution < 1.29 is 19.4 Å². The van der Waals surface area contributed by atoms with Crippen LogP contribution in [0.3, 0.4) is 0 Å². The highest BCUT2D eigenvalue weighted by Crippen LogP contribution is 2.23. The highest BCUT2D eigenvalue weighted by molar-refractivity contribution is 6.59. The molecule has 1 aliphatic rings. The van der Waals surface area contributed by atoms with E-state index in [1.165, 1.54) is 24.3 Å². The SMILES string of the molecule is O=C1C=c2cc3cccc([N+](=O)[O-])c3cc2=C([N+](=O)[O-])C1=O. The van der Waals surface area contributed by atoms with Crippen LogP contribution in [0, 0.1) is 20.2 Å². The Morgan fingerprint density at radius 1 is 0.955 bits per heavy atom. The summed E-state index contributed by atoms with van der Waals surface area (Å²) in [4.78, 5) is 43.8. The average Bonchev–Trinajstić information content (AvgIpc) is 2.45. The number of non-ortho nitro benzene ring substituents is 1. The summed E-state index contributed by atoms with van der Waals surface area (Å²) < 4.78 is 0. The zero-order chi connectivity index (χ0) is 16.0. The van der Waals surface area contributed by atoms with Crippen molar-refractivity contribution in [3.8, 4) is 0 Å². The second-order valence-electron chi connectivity index (χ2n) is 4.64. The van der Waals surface area contributed by atoms with E-state index in [0.29, 0.717) is 5.39 Å². The number of nitro groups is 2. The van der Waals surface area contributed by atoms with E-state index >= 15 is 0 Å². The number of carbonyl (C=O) groups is 2. The maximum Gasteiger partial charge on any atom is 0.328 e. The quantitative estimate of drug-likeness (QED) is 0.439. The van der Waals surface area contributed by atoms with Crippen molar-refractivity contribution in [1.82, 2.24) is 0 Å². The molecule has 0 fully saturated rings. The van der Waals surface area contributed by atoms with Gasteiger partial charge in [-0.1, -0.05) is 12.1 Å². The second-order valence-corrected chi connectivity index (χ2v) is 4.64. The molecule has 0 N–H and O–H groups in total. The summed E-state index contributed by atoms with van der Waals surface area (Å²) >= 11 is 0. The van der Waals surface area contributed by atoms with E-state index in [0.717, 1.165) is 6.08 Å². The fourth-order valence-corrected chi connectivity index (χ4v) is 2.44. The third-order valence-electron chi connectivity index (χ3n) is 3.39. The summed E-state index contributed by atoms with van der Waals surface area (Å²) in [5.74, 6) is -2.21. The first-order valence-electron chi connectivity index (χ1n) is 6.06. The predicted molar refractivity (Wildman–Crippen MR) is 74.7 cm³/mol. The molecule has 0 bridgehead atoms. The number of nitro benzene ring substituents is 1. The molecule has 0 unspecified atom stereocenters. The fraction of sp³-hybridized carbons (Fsp3) is 0. The minimum atomic E-state index is -1.23. The van der Waals surface area contributed by atoms with E-state index in [9.17, 15) is 29.8 Å². The molecule has 8 heteroatoms. The molecule has 0 heterocycles. The number of carbonyl (C=O) groups excluding carboxylic acids is 2. The molecule has 3 rings (SSSR count). The molecule has 0 aromatic heterocycles. The number of hydrogen-bond acceptors (Lipinski definition) is 6. The topological polar surface area (TPSA) is 120 Å². The summed E-state index contributed by atoms with van der Waals surface area (Å²) in [7, 11) is 0. The molecule has 0 radical (unpaired) electrons. The molecule has 2 aromatic carbocycles. The van der Waals surface area contributed by atoms with Gasteiger partial charge in [0.2, 0.25) is 5.78 Å². The maximum atomic E-state index is 11.7. The van der Waals surface area contributed by atoms with Crippen LogP contribution in [0.2, 0.25) is 0 Å². The Morgan fingerprint density at radius 2 is 1.68 bits per heavy atom. The van der Waals surface area contributed by atoms with Gasteiger partial charge in [-0.15, -0.1) is 0 Å². The number of hydrogen-bond donors (Lipinski definition) is 0. The van der Waals surface area contributed by atoms with Gasteiger partial charge in [-0.2, -0.15) is 0 Å². The average molecular weight is 298 g/mol. The Hall–Kier alpha value is -3.42. The van der Waals surface area contributed by atoms with Crippen LogP contribution in [-0.4, -0.2) is 21.4 Å². The van der Waals surface area contributed by atoms with Crippen LogP contribution < -0.4 is 10.4 Å². The molecule has 0 spiro atoms. The lowest BCUT2D eigenvalue weighted by Gasteiger charge is -2.04. The lowest BCUT2D eigenvalue weighted by Crippen LogP contribution is -2.39. The Labute approximate surface area is 121 Å². The molecule has 0 amide bonds. The standard InChI is InChI=1S/C14H6N2O6/c17-12-5-8-4-7-2-1-3-11(15(19)20)9(7)6-10(8)13(14(12)18)16(21)22/h1-6H. The highest BCUT2D eigenvalue weighted by Gasteiger charge is 2.32. The van der Waals surface area contributed by atoms with Crippen LogP contribution in [0.5, 0.6) is 0 Å². The zero-order valence-electron chi connectivity index (χ0n) is 10.8. The van der Waals surface area contributed by atoms with Crippen molar-refractivity contribution in [2.45, 2.75) is 0 Å². The van der Waals surface area contributed by atoms with Gasteiger partial charge in [0.05, 0.1) is 20.5 Å². The second kappa shape index (κ2) is 4.55. The van der Waals surface area contributed by atoms with E-state index in [4.69, 9.17) is 0 Å². The van der Waals surface area contributed by atoms with Gasteiger partial charge in [-0.05, 0) is 28.8 Å². The molecule has 108 valence electrons. The first-order chi connectivity index (χ1) is 10.4. The van der Waals surface area contributed by atoms with Gasteiger partial charge < -0.3 is 0 Å².